The molecule has 0 spiro atoms. The first kappa shape index (κ1) is 19.9. The molecule has 2 fully saturated rings. The Morgan fingerprint density at radius 3 is 2.70 bits per heavy atom. The zero-order chi connectivity index (χ0) is 20.3. The first-order chi connectivity index (χ1) is 14.8. The van der Waals surface area contributed by atoms with Crippen molar-refractivity contribution in [2.75, 3.05) is 31.1 Å². The summed E-state index contributed by atoms with van der Waals surface area (Å²) in [5.74, 6) is 1.42. The van der Waals surface area contributed by atoms with Crippen molar-refractivity contribution in [3.8, 4) is 0 Å². The van der Waals surface area contributed by atoms with Crippen molar-refractivity contribution in [2.24, 2.45) is 0 Å². The number of amides is 1. The fourth-order valence-electron chi connectivity index (χ4n) is 4.46. The second-order valence-corrected chi connectivity index (χ2v) is 10.2. The first-order valence-corrected chi connectivity index (χ1v) is 12.8. The molecule has 0 unspecified atom stereocenters. The number of aromatic nitrogens is 1. The average Bonchev–Trinajstić information content (AvgIpc) is 3.46. The van der Waals surface area contributed by atoms with E-state index in [4.69, 9.17) is 4.42 Å². The zero-order valence-corrected chi connectivity index (χ0v) is 18.7. The van der Waals surface area contributed by atoms with Gasteiger partial charge in [-0.15, -0.1) is 11.3 Å². The molecule has 3 aromatic rings. The molecule has 1 saturated heterocycles. The van der Waals surface area contributed by atoms with Crippen LogP contribution in [0.1, 0.15) is 48.2 Å². The number of anilines is 1. The van der Waals surface area contributed by atoms with Crippen molar-refractivity contribution in [3.05, 3.63) is 47.2 Å². The summed E-state index contributed by atoms with van der Waals surface area (Å²) in [7, 11) is 0. The minimum Gasteiger partial charge on any atom is -0.451 e. The molecule has 5 rings (SSSR count). The Morgan fingerprint density at radius 1 is 1.13 bits per heavy atom. The Hall–Kier alpha value is -1.99. The summed E-state index contributed by atoms with van der Waals surface area (Å²) in [6.07, 6.45) is 8.45. The molecule has 0 radical (unpaired) electrons. The highest BCUT2D eigenvalue weighted by atomic mass is 32.2. The van der Waals surface area contributed by atoms with E-state index in [0.29, 0.717) is 24.1 Å². The Bertz CT molecular complexity index is 987. The number of carbonyl (C=O) groups excluding carboxylic acids is 1. The lowest BCUT2D eigenvalue weighted by Crippen LogP contribution is -2.48. The van der Waals surface area contributed by atoms with Crippen LogP contribution in [0, 0.1) is 0 Å². The molecule has 7 heteroatoms. The van der Waals surface area contributed by atoms with Crippen LogP contribution in [-0.4, -0.2) is 47.2 Å². The normalized spacial score (nSPS) is 18.3. The van der Waals surface area contributed by atoms with Crippen LogP contribution in [-0.2, 0) is 5.75 Å². The second-order valence-electron chi connectivity index (χ2n) is 8.07. The van der Waals surface area contributed by atoms with Crippen molar-refractivity contribution >= 4 is 45.1 Å². The van der Waals surface area contributed by atoms with Crippen LogP contribution >= 0.6 is 23.1 Å². The maximum atomic E-state index is 13.4. The number of rotatable bonds is 5. The van der Waals surface area contributed by atoms with Crippen molar-refractivity contribution < 1.29 is 9.21 Å². The van der Waals surface area contributed by atoms with Gasteiger partial charge in [0.25, 0.3) is 5.91 Å². The molecule has 0 N–H and O–H groups in total. The maximum Gasteiger partial charge on any atom is 0.290 e. The second kappa shape index (κ2) is 9.02. The number of hydrogen-bond acceptors (Lipinski definition) is 6. The highest BCUT2D eigenvalue weighted by Gasteiger charge is 2.29. The predicted molar refractivity (Wildman–Crippen MR) is 125 cm³/mol. The molecule has 1 saturated carbocycles. The number of para-hydroxylation sites is 1. The molecule has 158 valence electrons. The van der Waals surface area contributed by atoms with E-state index in [2.05, 4.69) is 16.0 Å². The van der Waals surface area contributed by atoms with E-state index in [1.54, 1.807) is 11.3 Å². The summed E-state index contributed by atoms with van der Waals surface area (Å²) in [6, 6.07) is 8.08. The minimum absolute atomic E-state index is 0.0317. The van der Waals surface area contributed by atoms with Crippen LogP contribution in [0.5, 0.6) is 0 Å². The third kappa shape index (κ3) is 4.10. The quantitative estimate of drug-likeness (QED) is 0.529. The minimum atomic E-state index is 0.0317. The molecule has 1 aliphatic heterocycles. The standard InChI is InChI=1S/C23H27N3O2S2/c27-22(25-11-13-26(14-12-25)23-24-10-15-29-23)21-19(16-30-17-6-2-1-3-7-17)18-8-4-5-9-20(18)28-21/h4-5,8-10,15,17H,1-3,6-7,11-14,16H2. The molecule has 1 aliphatic carbocycles. The van der Waals surface area contributed by atoms with E-state index >= 15 is 0 Å². The highest BCUT2D eigenvalue weighted by molar-refractivity contribution is 7.99. The van der Waals surface area contributed by atoms with Gasteiger partial charge < -0.3 is 14.2 Å². The molecule has 0 bridgehead atoms. The van der Waals surface area contributed by atoms with E-state index in [1.165, 1.54) is 32.1 Å². The third-order valence-electron chi connectivity index (χ3n) is 6.16. The molecular weight excluding hydrogens is 414 g/mol. The van der Waals surface area contributed by atoms with Crippen molar-refractivity contribution in [1.29, 1.82) is 0 Å². The van der Waals surface area contributed by atoms with Crippen LogP contribution in [0.3, 0.4) is 0 Å². The number of thioether (sulfide) groups is 1. The fourth-order valence-corrected chi connectivity index (χ4v) is 6.52. The lowest BCUT2D eigenvalue weighted by atomic mass is 10.0. The fraction of sp³-hybridized carbons (Fsp3) is 0.478. The van der Waals surface area contributed by atoms with E-state index < -0.39 is 0 Å². The molecule has 2 aromatic heterocycles. The van der Waals surface area contributed by atoms with Gasteiger partial charge in [0.2, 0.25) is 0 Å². The summed E-state index contributed by atoms with van der Waals surface area (Å²) >= 11 is 3.65. The van der Waals surface area contributed by atoms with Gasteiger partial charge in [-0.05, 0) is 18.9 Å². The molecule has 5 nitrogen and oxygen atoms in total. The first-order valence-electron chi connectivity index (χ1n) is 10.9. The van der Waals surface area contributed by atoms with Crippen LogP contribution in [0.4, 0.5) is 5.13 Å². The molecule has 2 aliphatic rings. The predicted octanol–water partition coefficient (Wildman–Crippen LogP) is 5.42. The summed E-state index contributed by atoms with van der Waals surface area (Å²) in [4.78, 5) is 22.0. The molecule has 30 heavy (non-hydrogen) atoms. The van der Waals surface area contributed by atoms with Crippen LogP contribution in [0.2, 0.25) is 0 Å². The van der Waals surface area contributed by atoms with Crippen LogP contribution < -0.4 is 4.90 Å². The number of furan rings is 1. The Balaban J connectivity index is 1.33. The smallest absolute Gasteiger partial charge is 0.290 e. The highest BCUT2D eigenvalue weighted by Crippen LogP contribution is 2.35. The zero-order valence-electron chi connectivity index (χ0n) is 17.1. The van der Waals surface area contributed by atoms with Crippen LogP contribution in [0.15, 0.2) is 40.3 Å². The van der Waals surface area contributed by atoms with Gasteiger partial charge in [-0.1, -0.05) is 37.5 Å². The third-order valence-corrected chi connectivity index (χ3v) is 8.40. The Labute approximate surface area is 185 Å². The monoisotopic (exact) mass is 441 g/mol. The number of fused-ring (bicyclic) bond motifs is 1. The van der Waals surface area contributed by atoms with E-state index in [0.717, 1.165) is 40.5 Å². The molecule has 1 amide bonds. The largest absolute Gasteiger partial charge is 0.451 e. The topological polar surface area (TPSA) is 49.6 Å². The van der Waals surface area contributed by atoms with Gasteiger partial charge in [-0.25, -0.2) is 4.98 Å². The Kier molecular flexibility index (Phi) is 6.00. The number of nitrogens with zero attached hydrogens (tertiary/aromatic N) is 3. The Morgan fingerprint density at radius 2 is 1.93 bits per heavy atom. The van der Waals surface area contributed by atoms with Gasteiger partial charge in [0, 0.05) is 59.7 Å². The van der Waals surface area contributed by atoms with Crippen LogP contribution in [0.25, 0.3) is 11.0 Å². The SMILES string of the molecule is O=C(c1oc2ccccc2c1CSC1CCCCC1)N1CCN(c2nccs2)CC1. The average molecular weight is 442 g/mol. The summed E-state index contributed by atoms with van der Waals surface area (Å²) in [6.45, 7) is 3.02. The van der Waals surface area contributed by atoms with Crippen molar-refractivity contribution in [3.63, 3.8) is 0 Å². The van der Waals surface area contributed by atoms with Crippen molar-refractivity contribution in [1.82, 2.24) is 9.88 Å². The molecule has 3 heterocycles. The van der Waals surface area contributed by atoms with Gasteiger partial charge in [-0.3, -0.25) is 4.79 Å². The molecule has 0 atom stereocenters. The van der Waals surface area contributed by atoms with Gasteiger partial charge in [0.15, 0.2) is 10.9 Å². The molecular formula is C23H27N3O2S2. The van der Waals surface area contributed by atoms with Crippen molar-refractivity contribution in [2.45, 2.75) is 43.1 Å². The number of benzene rings is 1. The summed E-state index contributed by atoms with van der Waals surface area (Å²) < 4.78 is 6.12. The lowest BCUT2D eigenvalue weighted by Gasteiger charge is -2.34. The molecule has 1 aromatic carbocycles. The van der Waals surface area contributed by atoms with Gasteiger partial charge >= 0.3 is 0 Å². The van der Waals surface area contributed by atoms with E-state index in [-0.39, 0.29) is 5.91 Å². The van der Waals surface area contributed by atoms with Gasteiger partial charge in [0.05, 0.1) is 0 Å². The summed E-state index contributed by atoms with van der Waals surface area (Å²) in [5.41, 5.74) is 1.90. The van der Waals surface area contributed by atoms with E-state index in [9.17, 15) is 4.79 Å². The maximum absolute atomic E-state index is 13.4. The van der Waals surface area contributed by atoms with E-state index in [1.807, 2.05) is 46.4 Å². The van der Waals surface area contributed by atoms with Gasteiger partial charge in [-0.2, -0.15) is 11.8 Å². The summed E-state index contributed by atoms with van der Waals surface area (Å²) in [5, 5.41) is 4.83. The number of hydrogen-bond donors (Lipinski definition) is 0. The lowest BCUT2D eigenvalue weighted by molar-refractivity contribution is 0.0716. The van der Waals surface area contributed by atoms with Gasteiger partial charge in [0.1, 0.15) is 5.58 Å². The number of piperazine rings is 1. The number of thiazole rings is 1. The number of carbonyl (C=O) groups is 1.